The van der Waals surface area contributed by atoms with Crippen LogP contribution in [0.15, 0.2) is 0 Å². The van der Waals surface area contributed by atoms with Gasteiger partial charge in [-0.25, -0.2) is 0 Å². The Balaban J connectivity index is 3.13. The highest BCUT2D eigenvalue weighted by Crippen LogP contribution is 1.98. The van der Waals surface area contributed by atoms with E-state index in [0.29, 0.717) is 4.10 Å². The first-order valence-electron chi connectivity index (χ1n) is 1.43. The van der Waals surface area contributed by atoms with E-state index in [2.05, 4.69) is 4.84 Å². The lowest BCUT2D eigenvalue weighted by atomic mass is 10.8. The molecular weight excluding hydrogens is 141 g/mol. The molecule has 0 N–H and O–H groups in total. The van der Waals surface area contributed by atoms with Crippen LogP contribution in [-0.4, -0.2) is 10.1 Å². The SMILES string of the molecule is CC(=O)ON(Cl)Cl. The van der Waals surface area contributed by atoms with Crippen molar-refractivity contribution in [1.82, 2.24) is 4.10 Å². The van der Waals surface area contributed by atoms with Crippen LogP contribution in [0.25, 0.3) is 0 Å². The van der Waals surface area contributed by atoms with E-state index in [1.807, 2.05) is 0 Å². The summed E-state index contributed by atoms with van der Waals surface area (Å²) >= 11 is 9.66. The van der Waals surface area contributed by atoms with Crippen LogP contribution in [0.2, 0.25) is 0 Å². The quantitative estimate of drug-likeness (QED) is 0.407. The van der Waals surface area contributed by atoms with Crippen molar-refractivity contribution in [3.05, 3.63) is 0 Å². The normalized spacial score (nSPS) is 9.14. The summed E-state index contributed by atoms with van der Waals surface area (Å²) in [6.45, 7) is 1.19. The van der Waals surface area contributed by atoms with Crippen molar-refractivity contribution < 1.29 is 9.63 Å². The number of hydrogen-bond donors (Lipinski definition) is 0. The molecule has 0 aromatic heterocycles. The Hall–Kier alpha value is 0.01000. The summed E-state index contributed by atoms with van der Waals surface area (Å²) in [5.41, 5.74) is 0. The van der Waals surface area contributed by atoms with Crippen molar-refractivity contribution in [3.63, 3.8) is 0 Å². The highest BCUT2D eigenvalue weighted by atomic mass is 35.5. The molecule has 0 bridgehead atoms. The van der Waals surface area contributed by atoms with Crippen molar-refractivity contribution in [2.75, 3.05) is 0 Å². The van der Waals surface area contributed by atoms with E-state index in [4.69, 9.17) is 23.6 Å². The van der Waals surface area contributed by atoms with Crippen LogP contribution in [0.3, 0.4) is 0 Å². The summed E-state index contributed by atoms with van der Waals surface area (Å²) in [6.07, 6.45) is 0. The van der Waals surface area contributed by atoms with Crippen molar-refractivity contribution in [3.8, 4) is 0 Å². The van der Waals surface area contributed by atoms with Gasteiger partial charge in [-0.05, 0) is 0 Å². The average molecular weight is 144 g/mol. The second kappa shape index (κ2) is 3.07. The van der Waals surface area contributed by atoms with E-state index in [-0.39, 0.29) is 0 Å². The molecule has 0 aliphatic heterocycles. The zero-order valence-electron chi connectivity index (χ0n) is 3.52. The monoisotopic (exact) mass is 143 g/mol. The topological polar surface area (TPSA) is 29.5 Å². The summed E-state index contributed by atoms with van der Waals surface area (Å²) in [6, 6.07) is 0. The second-order valence-electron chi connectivity index (χ2n) is 0.785. The summed E-state index contributed by atoms with van der Waals surface area (Å²) in [4.78, 5) is 13.8. The Labute approximate surface area is 50.9 Å². The van der Waals surface area contributed by atoms with Gasteiger partial charge in [-0.15, -0.1) is 0 Å². The zero-order chi connectivity index (χ0) is 5.86. The third-order valence-corrected chi connectivity index (χ3v) is 0.336. The second-order valence-corrected chi connectivity index (χ2v) is 1.57. The van der Waals surface area contributed by atoms with Crippen molar-refractivity contribution in [1.29, 1.82) is 0 Å². The molecule has 0 aromatic rings. The summed E-state index contributed by atoms with van der Waals surface area (Å²) < 4.78 is 0.294. The molecule has 0 rings (SSSR count). The van der Waals surface area contributed by atoms with Gasteiger partial charge in [0.25, 0.3) is 0 Å². The van der Waals surface area contributed by atoms with Crippen LogP contribution in [0.4, 0.5) is 0 Å². The Morgan fingerprint density at radius 2 is 2.14 bits per heavy atom. The number of carbonyl (C=O) groups is 1. The summed E-state index contributed by atoms with van der Waals surface area (Å²) in [7, 11) is 0. The number of rotatable bonds is 1. The standard InChI is InChI=1S/C2H3Cl2NO2/c1-2(6)7-5(3)4/h1H3. The first kappa shape index (κ1) is 7.01. The van der Waals surface area contributed by atoms with E-state index in [1.54, 1.807) is 0 Å². The lowest BCUT2D eigenvalue weighted by Gasteiger charge is -1.97. The molecule has 0 aromatic carbocycles. The summed E-state index contributed by atoms with van der Waals surface area (Å²) in [5, 5.41) is 0. The van der Waals surface area contributed by atoms with Crippen LogP contribution >= 0.6 is 23.6 Å². The van der Waals surface area contributed by atoms with Gasteiger partial charge in [-0.3, -0.25) is 4.79 Å². The molecule has 7 heavy (non-hydrogen) atoms. The fraction of sp³-hybridized carbons (Fsp3) is 0.500. The predicted octanol–water partition coefficient (Wildman–Crippen LogP) is 1.07. The highest BCUT2D eigenvalue weighted by molar-refractivity contribution is 6.33. The van der Waals surface area contributed by atoms with E-state index in [0.717, 1.165) is 0 Å². The van der Waals surface area contributed by atoms with Gasteiger partial charge in [0.2, 0.25) is 0 Å². The lowest BCUT2D eigenvalue weighted by molar-refractivity contribution is -0.155. The molecule has 3 nitrogen and oxygen atoms in total. The van der Waals surface area contributed by atoms with Gasteiger partial charge in [0.1, 0.15) is 0 Å². The van der Waals surface area contributed by atoms with Crippen molar-refractivity contribution in [2.24, 2.45) is 0 Å². The number of halogens is 2. The maximum atomic E-state index is 9.82. The van der Waals surface area contributed by atoms with Crippen LogP contribution in [0.1, 0.15) is 6.92 Å². The fourth-order valence-corrected chi connectivity index (χ4v) is 0.292. The van der Waals surface area contributed by atoms with E-state index < -0.39 is 5.97 Å². The van der Waals surface area contributed by atoms with E-state index in [9.17, 15) is 4.79 Å². The fourth-order valence-electron chi connectivity index (χ4n) is 0.0972. The van der Waals surface area contributed by atoms with Crippen LogP contribution in [0.5, 0.6) is 0 Å². The molecule has 0 saturated heterocycles. The zero-order valence-corrected chi connectivity index (χ0v) is 5.03. The number of carbonyl (C=O) groups excluding carboxylic acids is 1. The van der Waals surface area contributed by atoms with Crippen LogP contribution < -0.4 is 0 Å². The Morgan fingerprint density at radius 3 is 2.14 bits per heavy atom. The molecule has 0 heterocycles. The van der Waals surface area contributed by atoms with Gasteiger partial charge < -0.3 is 4.84 Å². The Kier molecular flexibility index (Phi) is 3.07. The van der Waals surface area contributed by atoms with Gasteiger partial charge in [0, 0.05) is 34.6 Å². The predicted molar refractivity (Wildman–Crippen MR) is 25.3 cm³/mol. The minimum Gasteiger partial charge on any atom is -0.337 e. The van der Waals surface area contributed by atoms with Crippen LogP contribution in [0, 0.1) is 0 Å². The maximum Gasteiger partial charge on any atom is 0.325 e. The van der Waals surface area contributed by atoms with Crippen LogP contribution in [-0.2, 0) is 9.63 Å². The molecule has 0 spiro atoms. The molecule has 0 fully saturated rings. The van der Waals surface area contributed by atoms with Crippen molar-refractivity contribution >= 4 is 29.5 Å². The molecular formula is C2H3Cl2NO2. The number of nitrogens with zero attached hydrogens (tertiary/aromatic N) is 1. The van der Waals surface area contributed by atoms with Crippen molar-refractivity contribution in [2.45, 2.75) is 6.92 Å². The molecule has 0 aliphatic rings. The number of hydrogen-bond acceptors (Lipinski definition) is 3. The first-order chi connectivity index (χ1) is 3.13. The minimum absolute atomic E-state index is 0.294. The van der Waals surface area contributed by atoms with E-state index in [1.165, 1.54) is 6.92 Å². The third-order valence-electron chi connectivity index (χ3n) is 0.198. The lowest BCUT2D eigenvalue weighted by Crippen LogP contribution is -2.04. The van der Waals surface area contributed by atoms with E-state index >= 15 is 0 Å². The Morgan fingerprint density at radius 1 is 1.71 bits per heavy atom. The molecule has 0 atom stereocenters. The van der Waals surface area contributed by atoms with Gasteiger partial charge in [0.05, 0.1) is 0 Å². The molecule has 0 unspecified atom stereocenters. The van der Waals surface area contributed by atoms with Gasteiger partial charge in [0.15, 0.2) is 0 Å². The molecule has 0 aliphatic carbocycles. The largest absolute Gasteiger partial charge is 0.337 e. The highest BCUT2D eigenvalue weighted by Gasteiger charge is 1.96. The third kappa shape index (κ3) is 6.01. The summed E-state index contributed by atoms with van der Waals surface area (Å²) in [5.74, 6) is -0.551. The maximum absolute atomic E-state index is 9.82. The smallest absolute Gasteiger partial charge is 0.325 e. The molecule has 0 saturated carbocycles. The Bertz CT molecular complexity index is 74.1. The first-order valence-corrected chi connectivity index (χ1v) is 2.11. The van der Waals surface area contributed by atoms with Gasteiger partial charge >= 0.3 is 5.97 Å². The molecule has 42 valence electrons. The molecule has 0 radical (unpaired) electrons. The van der Waals surface area contributed by atoms with Gasteiger partial charge in [-0.2, -0.15) is 0 Å². The molecule has 5 heteroatoms. The molecule has 0 amide bonds. The van der Waals surface area contributed by atoms with Gasteiger partial charge in [-0.1, -0.05) is 0 Å². The minimum atomic E-state index is -0.551. The average Bonchev–Trinajstić information content (AvgIpc) is 1.27.